The Morgan fingerprint density at radius 3 is 1.60 bits per heavy atom. The zero-order valence-electron chi connectivity index (χ0n) is 7.79. The maximum atomic E-state index is 10.7. The lowest BCUT2D eigenvalue weighted by atomic mass is 9.89. The van der Waals surface area contributed by atoms with Gasteiger partial charge in [0.2, 0.25) is 0 Å². The van der Waals surface area contributed by atoms with E-state index in [0.717, 1.165) is 4.90 Å². The van der Waals surface area contributed by atoms with E-state index < -0.39 is 29.9 Å². The van der Waals surface area contributed by atoms with Crippen LogP contribution in [0, 0.1) is 11.8 Å². The molecule has 15 heavy (non-hydrogen) atoms. The van der Waals surface area contributed by atoms with Gasteiger partial charge in [-0.15, -0.1) is 0 Å². The van der Waals surface area contributed by atoms with E-state index in [2.05, 4.69) is 0 Å². The second kappa shape index (κ2) is 4.16. The predicted molar refractivity (Wildman–Crippen MR) is 46.5 cm³/mol. The third-order valence-corrected chi connectivity index (χ3v) is 2.42. The monoisotopic (exact) mass is 217 g/mol. The van der Waals surface area contributed by atoms with Crippen molar-refractivity contribution in [1.29, 1.82) is 0 Å². The first kappa shape index (κ1) is 11.3. The number of nitrogens with zero attached hydrogens (tertiary/aromatic N) is 1. The lowest BCUT2D eigenvalue weighted by Gasteiger charge is -2.32. The fraction of sp³-hybridized carbons (Fsp3) is 0.625. The minimum Gasteiger partial charge on any atom is -0.481 e. The molecule has 1 aliphatic rings. The summed E-state index contributed by atoms with van der Waals surface area (Å²) in [6, 6.07) is 0. The van der Waals surface area contributed by atoms with Gasteiger partial charge >= 0.3 is 18.0 Å². The molecule has 3 N–H and O–H groups in total. The molecule has 7 nitrogen and oxygen atoms in total. The van der Waals surface area contributed by atoms with Crippen LogP contribution < -0.4 is 0 Å². The summed E-state index contributed by atoms with van der Waals surface area (Å²) in [5.74, 6) is -4.19. The molecule has 1 rings (SSSR count). The normalized spacial score (nSPS) is 26.0. The SMILES string of the molecule is O=C(O)[C@@H]1C[C@H](C(=O)O)CN(C(=O)O)C1. The Bertz CT molecular complexity index is 248. The molecule has 1 heterocycles. The van der Waals surface area contributed by atoms with Gasteiger partial charge in [0.1, 0.15) is 0 Å². The van der Waals surface area contributed by atoms with Crippen LogP contribution in [0.4, 0.5) is 4.79 Å². The second-order valence-electron chi connectivity index (χ2n) is 3.49. The molecule has 0 bridgehead atoms. The van der Waals surface area contributed by atoms with Gasteiger partial charge in [-0.05, 0) is 6.42 Å². The van der Waals surface area contributed by atoms with Crippen LogP contribution in [0.3, 0.4) is 0 Å². The standard InChI is InChI=1S/C8H11NO6/c10-6(11)4-1-5(7(12)13)3-9(2-4)8(14)15/h4-5H,1-3H2,(H,10,11)(H,12,13)(H,14,15)/t4-,5+. The molecule has 1 amide bonds. The van der Waals surface area contributed by atoms with Gasteiger partial charge in [-0.2, -0.15) is 0 Å². The zero-order chi connectivity index (χ0) is 11.6. The van der Waals surface area contributed by atoms with E-state index in [9.17, 15) is 14.4 Å². The average Bonchev–Trinajstić information content (AvgIpc) is 2.16. The van der Waals surface area contributed by atoms with Crippen molar-refractivity contribution >= 4 is 18.0 Å². The molecule has 0 aromatic heterocycles. The molecule has 0 aliphatic carbocycles. The topological polar surface area (TPSA) is 115 Å². The summed E-state index contributed by atoms with van der Waals surface area (Å²) >= 11 is 0. The highest BCUT2D eigenvalue weighted by Gasteiger charge is 2.36. The Morgan fingerprint density at radius 1 is 0.933 bits per heavy atom. The molecular formula is C8H11NO6. The summed E-state index contributed by atoms with van der Waals surface area (Å²) in [5.41, 5.74) is 0. The first-order valence-corrected chi connectivity index (χ1v) is 4.35. The summed E-state index contributed by atoms with van der Waals surface area (Å²) in [6.07, 6.45) is -1.30. The second-order valence-corrected chi connectivity index (χ2v) is 3.49. The molecule has 0 aromatic carbocycles. The number of carbonyl (C=O) groups is 3. The fourth-order valence-corrected chi connectivity index (χ4v) is 1.61. The van der Waals surface area contributed by atoms with Crippen LogP contribution in [0.15, 0.2) is 0 Å². The van der Waals surface area contributed by atoms with E-state index >= 15 is 0 Å². The van der Waals surface area contributed by atoms with Crippen LogP contribution >= 0.6 is 0 Å². The van der Waals surface area contributed by atoms with Gasteiger partial charge in [-0.3, -0.25) is 9.59 Å². The van der Waals surface area contributed by atoms with Crippen LogP contribution in [0.25, 0.3) is 0 Å². The van der Waals surface area contributed by atoms with E-state index in [0.29, 0.717) is 0 Å². The zero-order valence-corrected chi connectivity index (χ0v) is 7.79. The fourth-order valence-electron chi connectivity index (χ4n) is 1.61. The molecule has 1 aliphatic heterocycles. The summed E-state index contributed by atoms with van der Waals surface area (Å²) < 4.78 is 0. The van der Waals surface area contributed by atoms with E-state index in [1.54, 1.807) is 0 Å². The number of likely N-dealkylation sites (tertiary alicyclic amines) is 1. The number of piperidine rings is 1. The lowest BCUT2D eigenvalue weighted by molar-refractivity contribution is -0.149. The Morgan fingerprint density at radius 2 is 1.33 bits per heavy atom. The molecule has 0 aromatic rings. The first-order chi connectivity index (χ1) is 6.91. The number of carboxylic acid groups (broad SMARTS) is 3. The Balaban J connectivity index is 2.77. The summed E-state index contributed by atoms with van der Waals surface area (Å²) in [6.45, 7) is -0.289. The number of amides is 1. The van der Waals surface area contributed by atoms with Gasteiger partial charge in [0.05, 0.1) is 11.8 Å². The molecular weight excluding hydrogens is 206 g/mol. The van der Waals surface area contributed by atoms with Crippen molar-refractivity contribution in [3.8, 4) is 0 Å². The highest BCUT2D eigenvalue weighted by atomic mass is 16.4. The van der Waals surface area contributed by atoms with Crippen LogP contribution in [-0.4, -0.2) is 51.3 Å². The number of hydrogen-bond donors (Lipinski definition) is 3. The third kappa shape index (κ3) is 2.58. The van der Waals surface area contributed by atoms with E-state index in [4.69, 9.17) is 15.3 Å². The summed E-state index contributed by atoms with van der Waals surface area (Å²) in [7, 11) is 0. The highest BCUT2D eigenvalue weighted by Crippen LogP contribution is 2.22. The number of hydrogen-bond acceptors (Lipinski definition) is 3. The quantitative estimate of drug-likeness (QED) is 0.588. The molecule has 0 radical (unpaired) electrons. The molecule has 84 valence electrons. The third-order valence-electron chi connectivity index (χ3n) is 2.42. The Kier molecular flexibility index (Phi) is 3.13. The van der Waals surface area contributed by atoms with Crippen molar-refractivity contribution in [1.82, 2.24) is 4.90 Å². The van der Waals surface area contributed by atoms with Crippen LogP contribution in [0.2, 0.25) is 0 Å². The van der Waals surface area contributed by atoms with Crippen molar-refractivity contribution in [2.45, 2.75) is 6.42 Å². The van der Waals surface area contributed by atoms with Crippen molar-refractivity contribution in [3.63, 3.8) is 0 Å². The predicted octanol–water partition coefficient (Wildman–Crippen LogP) is -0.228. The molecule has 1 fully saturated rings. The number of aliphatic carboxylic acids is 2. The van der Waals surface area contributed by atoms with Gasteiger partial charge in [0, 0.05) is 13.1 Å². The molecule has 0 saturated carbocycles. The summed E-state index contributed by atoms with van der Waals surface area (Å²) in [4.78, 5) is 32.8. The largest absolute Gasteiger partial charge is 0.481 e. The molecule has 0 unspecified atom stereocenters. The van der Waals surface area contributed by atoms with Crippen LogP contribution in [0.5, 0.6) is 0 Å². The van der Waals surface area contributed by atoms with E-state index in [1.807, 2.05) is 0 Å². The minimum absolute atomic E-state index is 0.0194. The molecule has 2 atom stereocenters. The smallest absolute Gasteiger partial charge is 0.407 e. The summed E-state index contributed by atoms with van der Waals surface area (Å²) in [5, 5.41) is 26.1. The molecule has 7 heteroatoms. The first-order valence-electron chi connectivity index (χ1n) is 4.35. The number of carboxylic acids is 2. The maximum Gasteiger partial charge on any atom is 0.407 e. The highest BCUT2D eigenvalue weighted by molar-refractivity contribution is 5.76. The van der Waals surface area contributed by atoms with E-state index in [-0.39, 0.29) is 19.5 Å². The van der Waals surface area contributed by atoms with Gasteiger partial charge in [0.25, 0.3) is 0 Å². The average molecular weight is 217 g/mol. The Hall–Kier alpha value is -1.79. The molecule has 1 saturated heterocycles. The minimum atomic E-state index is -1.28. The van der Waals surface area contributed by atoms with Gasteiger partial charge in [0.15, 0.2) is 0 Å². The van der Waals surface area contributed by atoms with Crippen molar-refractivity contribution in [2.75, 3.05) is 13.1 Å². The van der Waals surface area contributed by atoms with Gasteiger partial charge < -0.3 is 20.2 Å². The van der Waals surface area contributed by atoms with Crippen molar-refractivity contribution in [2.24, 2.45) is 11.8 Å². The van der Waals surface area contributed by atoms with Gasteiger partial charge in [-0.25, -0.2) is 4.79 Å². The Labute approximate surface area is 84.9 Å². The van der Waals surface area contributed by atoms with Crippen molar-refractivity contribution < 1.29 is 29.7 Å². The number of rotatable bonds is 2. The molecule has 0 spiro atoms. The van der Waals surface area contributed by atoms with Crippen LogP contribution in [0.1, 0.15) is 6.42 Å². The van der Waals surface area contributed by atoms with Crippen LogP contribution in [-0.2, 0) is 9.59 Å². The van der Waals surface area contributed by atoms with E-state index in [1.165, 1.54) is 0 Å². The van der Waals surface area contributed by atoms with Gasteiger partial charge in [-0.1, -0.05) is 0 Å². The van der Waals surface area contributed by atoms with Crippen molar-refractivity contribution in [3.05, 3.63) is 0 Å². The maximum absolute atomic E-state index is 10.7. The lowest BCUT2D eigenvalue weighted by Crippen LogP contribution is -2.47.